The molecule has 1 unspecified atom stereocenters. The predicted molar refractivity (Wildman–Crippen MR) is 93.8 cm³/mol. The molecule has 1 aromatic carbocycles. The molecule has 2 heterocycles. The summed E-state index contributed by atoms with van der Waals surface area (Å²) in [5.41, 5.74) is 3.40. The van der Waals surface area contributed by atoms with Crippen molar-refractivity contribution in [2.75, 3.05) is 46.4 Å². The van der Waals surface area contributed by atoms with Crippen LogP contribution in [-0.4, -0.2) is 56.2 Å². The number of likely N-dealkylation sites (tertiary alicyclic amines) is 2. The largest absolute Gasteiger partial charge is 0.377 e. The van der Waals surface area contributed by atoms with Crippen molar-refractivity contribution in [3.05, 3.63) is 35.4 Å². The van der Waals surface area contributed by atoms with Crippen molar-refractivity contribution >= 4 is 0 Å². The molecule has 0 saturated carbocycles. The quantitative estimate of drug-likeness (QED) is 0.849. The predicted octanol–water partition coefficient (Wildman–Crippen LogP) is 3.21. The molecule has 2 saturated heterocycles. The van der Waals surface area contributed by atoms with Gasteiger partial charge in [-0.3, -0.25) is 0 Å². The zero-order chi connectivity index (χ0) is 15.7. The lowest BCUT2D eigenvalue weighted by molar-refractivity contribution is 0.0684. The Hall–Kier alpha value is -0.900. The van der Waals surface area contributed by atoms with Gasteiger partial charge in [-0.1, -0.05) is 24.3 Å². The summed E-state index contributed by atoms with van der Waals surface area (Å²) in [5, 5.41) is 0. The normalized spacial score (nSPS) is 27.6. The van der Waals surface area contributed by atoms with E-state index in [0.29, 0.717) is 11.5 Å². The number of rotatable bonds is 4. The van der Waals surface area contributed by atoms with Gasteiger partial charge < -0.3 is 14.5 Å². The van der Waals surface area contributed by atoms with E-state index in [9.17, 15) is 0 Å². The van der Waals surface area contributed by atoms with E-state index in [0.717, 1.165) is 0 Å². The van der Waals surface area contributed by atoms with Crippen molar-refractivity contribution in [1.82, 2.24) is 9.80 Å². The van der Waals surface area contributed by atoms with Crippen LogP contribution in [0.1, 0.15) is 49.3 Å². The maximum absolute atomic E-state index is 5.79. The average Bonchev–Trinajstić information content (AvgIpc) is 3.22. The topological polar surface area (TPSA) is 15.7 Å². The van der Waals surface area contributed by atoms with E-state index in [1.54, 1.807) is 5.56 Å². The molecule has 0 aromatic heterocycles. The lowest BCUT2D eigenvalue weighted by atomic mass is 9.74. The zero-order valence-corrected chi connectivity index (χ0v) is 14.5. The summed E-state index contributed by atoms with van der Waals surface area (Å²) in [4.78, 5) is 5.32. The minimum atomic E-state index is 0.308. The minimum absolute atomic E-state index is 0.308. The highest BCUT2D eigenvalue weighted by Gasteiger charge is 2.45. The maximum atomic E-state index is 5.79. The number of hydrogen-bond donors (Lipinski definition) is 0. The molecule has 4 rings (SSSR count). The van der Waals surface area contributed by atoms with Gasteiger partial charge in [-0.25, -0.2) is 0 Å². The van der Waals surface area contributed by atoms with Crippen LogP contribution in [0.2, 0.25) is 0 Å². The van der Waals surface area contributed by atoms with Gasteiger partial charge in [-0.2, -0.15) is 0 Å². The molecule has 0 radical (unpaired) electrons. The second kappa shape index (κ2) is 6.54. The number of hydrogen-bond acceptors (Lipinski definition) is 3. The summed E-state index contributed by atoms with van der Waals surface area (Å²) >= 11 is 0. The second-order valence-electron chi connectivity index (χ2n) is 7.69. The molecule has 0 N–H and O–H groups in total. The Morgan fingerprint density at radius 2 is 1.65 bits per heavy atom. The van der Waals surface area contributed by atoms with Crippen molar-refractivity contribution in [3.63, 3.8) is 0 Å². The third-order valence-electron chi connectivity index (χ3n) is 6.48. The Morgan fingerprint density at radius 3 is 2.35 bits per heavy atom. The second-order valence-corrected chi connectivity index (χ2v) is 7.69. The van der Waals surface area contributed by atoms with Crippen molar-refractivity contribution in [1.29, 1.82) is 0 Å². The highest BCUT2D eigenvalue weighted by Crippen LogP contribution is 2.51. The third kappa shape index (κ3) is 2.95. The van der Waals surface area contributed by atoms with Crippen LogP contribution in [0.3, 0.4) is 0 Å². The number of nitrogens with zero attached hydrogens (tertiary/aromatic N) is 2. The van der Waals surface area contributed by atoms with E-state index in [1.807, 2.05) is 7.11 Å². The number of fused-ring (bicyclic) bond motifs is 2. The summed E-state index contributed by atoms with van der Waals surface area (Å²) in [7, 11) is 1.87. The fraction of sp³-hybridized carbons (Fsp3) is 0.700. The van der Waals surface area contributed by atoms with Crippen molar-refractivity contribution in [3.8, 4) is 0 Å². The Balaban J connectivity index is 1.39. The lowest BCUT2D eigenvalue weighted by Gasteiger charge is -2.40. The van der Waals surface area contributed by atoms with E-state index in [1.165, 1.54) is 76.9 Å². The van der Waals surface area contributed by atoms with Crippen molar-refractivity contribution in [2.45, 2.75) is 43.6 Å². The third-order valence-corrected chi connectivity index (χ3v) is 6.48. The molecule has 23 heavy (non-hydrogen) atoms. The first-order chi connectivity index (χ1) is 11.3. The van der Waals surface area contributed by atoms with Crippen LogP contribution < -0.4 is 0 Å². The molecule has 2 aliphatic heterocycles. The number of piperidine rings is 1. The standard InChI is InChI=1S/C20H30N2O/c1-23-19-16-20(18-7-3-2-6-17(18)19)8-12-22(13-9-20)15-14-21-10-4-5-11-21/h2-3,6-7,19H,4-5,8-16H2,1H3. The molecule has 1 aliphatic carbocycles. The Morgan fingerprint density at radius 1 is 1.00 bits per heavy atom. The Kier molecular flexibility index (Phi) is 4.44. The van der Waals surface area contributed by atoms with Crippen LogP contribution in [0.5, 0.6) is 0 Å². The van der Waals surface area contributed by atoms with Gasteiger partial charge in [-0.05, 0) is 69.4 Å². The summed E-state index contributed by atoms with van der Waals surface area (Å²) in [6.07, 6.45) is 6.88. The summed E-state index contributed by atoms with van der Waals surface area (Å²) < 4.78 is 5.79. The monoisotopic (exact) mass is 314 g/mol. The van der Waals surface area contributed by atoms with Gasteiger partial charge >= 0.3 is 0 Å². The van der Waals surface area contributed by atoms with Gasteiger partial charge in [0.1, 0.15) is 0 Å². The highest BCUT2D eigenvalue weighted by molar-refractivity contribution is 5.42. The maximum Gasteiger partial charge on any atom is 0.0832 e. The molecule has 0 bridgehead atoms. The molecular formula is C20H30N2O. The smallest absolute Gasteiger partial charge is 0.0832 e. The Labute approximate surface area is 140 Å². The van der Waals surface area contributed by atoms with Crippen molar-refractivity contribution in [2.24, 2.45) is 0 Å². The first kappa shape index (κ1) is 15.6. The fourth-order valence-electron chi connectivity index (χ4n) is 5.01. The van der Waals surface area contributed by atoms with Crippen molar-refractivity contribution < 1.29 is 4.74 Å². The zero-order valence-electron chi connectivity index (χ0n) is 14.5. The number of ether oxygens (including phenoxy) is 1. The van der Waals surface area contributed by atoms with Gasteiger partial charge in [0.15, 0.2) is 0 Å². The molecule has 1 spiro atoms. The Bertz CT molecular complexity index is 530. The number of benzene rings is 1. The van der Waals surface area contributed by atoms with Gasteiger partial charge in [0.2, 0.25) is 0 Å². The molecule has 0 amide bonds. The van der Waals surface area contributed by atoms with Gasteiger partial charge in [-0.15, -0.1) is 0 Å². The summed E-state index contributed by atoms with van der Waals surface area (Å²) in [6.45, 7) is 7.66. The van der Waals surface area contributed by atoms with E-state index in [2.05, 4.69) is 34.1 Å². The lowest BCUT2D eigenvalue weighted by Crippen LogP contribution is -2.44. The van der Waals surface area contributed by atoms with Crippen LogP contribution in [-0.2, 0) is 10.2 Å². The molecular weight excluding hydrogens is 284 g/mol. The molecule has 3 nitrogen and oxygen atoms in total. The molecule has 1 aromatic rings. The van der Waals surface area contributed by atoms with E-state index >= 15 is 0 Å². The van der Waals surface area contributed by atoms with Crippen LogP contribution in [0.15, 0.2) is 24.3 Å². The summed E-state index contributed by atoms with van der Waals surface area (Å²) in [5.74, 6) is 0. The van der Waals surface area contributed by atoms with Crippen LogP contribution in [0.25, 0.3) is 0 Å². The fourth-order valence-corrected chi connectivity index (χ4v) is 5.01. The summed E-state index contributed by atoms with van der Waals surface area (Å²) in [6, 6.07) is 9.00. The van der Waals surface area contributed by atoms with Crippen LogP contribution in [0.4, 0.5) is 0 Å². The molecule has 3 heteroatoms. The van der Waals surface area contributed by atoms with Gasteiger partial charge in [0, 0.05) is 25.6 Å². The molecule has 3 aliphatic rings. The first-order valence-electron chi connectivity index (χ1n) is 9.38. The van der Waals surface area contributed by atoms with E-state index in [4.69, 9.17) is 4.74 Å². The average molecular weight is 314 g/mol. The molecule has 1 atom stereocenters. The van der Waals surface area contributed by atoms with Gasteiger partial charge in [0.05, 0.1) is 6.10 Å². The van der Waals surface area contributed by atoms with Crippen LogP contribution in [0, 0.1) is 0 Å². The minimum Gasteiger partial charge on any atom is -0.377 e. The van der Waals surface area contributed by atoms with E-state index < -0.39 is 0 Å². The highest BCUT2D eigenvalue weighted by atomic mass is 16.5. The van der Waals surface area contributed by atoms with E-state index in [-0.39, 0.29) is 0 Å². The first-order valence-corrected chi connectivity index (χ1v) is 9.38. The molecule has 126 valence electrons. The van der Waals surface area contributed by atoms with Gasteiger partial charge in [0.25, 0.3) is 0 Å². The molecule has 2 fully saturated rings. The van der Waals surface area contributed by atoms with Crippen LogP contribution >= 0.6 is 0 Å². The number of methoxy groups -OCH3 is 1. The SMILES string of the molecule is COC1CC2(CCN(CCN3CCCC3)CC2)c2ccccc21.